The van der Waals surface area contributed by atoms with Crippen molar-refractivity contribution >= 4 is 69.0 Å². The highest BCUT2D eigenvalue weighted by Crippen LogP contribution is 2.58. The fraction of sp³-hybridized carbons (Fsp3) is 0.0323. The average molecular weight is 870 g/mol. The molecule has 10 aromatic rings. The number of rotatable bonds is 4. The van der Waals surface area contributed by atoms with Gasteiger partial charge in [0.15, 0.2) is 8.07 Å². The first-order valence-electron chi connectivity index (χ1n) is 23.4. The van der Waals surface area contributed by atoms with E-state index >= 15 is 0 Å². The Kier molecular flexibility index (Phi) is 7.73. The first-order chi connectivity index (χ1) is 33.3. The summed E-state index contributed by atoms with van der Waals surface area (Å²) < 4.78 is 13.7. The van der Waals surface area contributed by atoms with Crippen LogP contribution in [0.4, 0.5) is 17.1 Å². The summed E-state index contributed by atoms with van der Waals surface area (Å²) in [5, 5.41) is 5.42. The van der Waals surface area contributed by atoms with Gasteiger partial charge >= 0.3 is 0 Å². The summed E-state index contributed by atoms with van der Waals surface area (Å²) in [6, 6.07) is 86.1. The van der Waals surface area contributed by atoms with Gasteiger partial charge in [0.25, 0.3) is 6.71 Å². The Morgan fingerprint density at radius 1 is 0.388 bits per heavy atom. The lowest BCUT2D eigenvalue weighted by Gasteiger charge is -2.46. The molecular formula is C62H40BNO2Si. The molecule has 0 radical (unpaired) electrons. The Balaban J connectivity index is 1.01. The van der Waals surface area contributed by atoms with E-state index in [0.717, 1.165) is 45.1 Å². The van der Waals surface area contributed by atoms with E-state index in [1.54, 1.807) is 0 Å². The van der Waals surface area contributed by atoms with E-state index in [1.807, 2.05) is 6.07 Å². The quantitative estimate of drug-likeness (QED) is 0.165. The van der Waals surface area contributed by atoms with Crippen LogP contribution in [0.25, 0.3) is 11.1 Å². The van der Waals surface area contributed by atoms with Crippen molar-refractivity contribution in [2.24, 2.45) is 0 Å². The van der Waals surface area contributed by atoms with Gasteiger partial charge in [0.1, 0.15) is 23.0 Å². The second-order valence-corrected chi connectivity index (χ2v) is 22.3. The number of nitrogens with zero attached hydrogens (tertiary/aromatic N) is 1. The van der Waals surface area contributed by atoms with E-state index in [4.69, 9.17) is 9.47 Å². The third-order valence-corrected chi connectivity index (χ3v) is 20.3. The first-order valence-corrected chi connectivity index (χ1v) is 25.4. The molecule has 5 heteroatoms. The van der Waals surface area contributed by atoms with Crippen LogP contribution < -0.4 is 51.5 Å². The lowest BCUT2D eigenvalue weighted by Crippen LogP contribution is -2.77. The molecule has 3 aliphatic carbocycles. The van der Waals surface area contributed by atoms with Crippen LogP contribution in [-0.4, -0.2) is 14.8 Å². The smallest absolute Gasteiger partial charge is 0.260 e. The van der Waals surface area contributed by atoms with E-state index in [9.17, 15) is 0 Å². The Labute approximate surface area is 391 Å². The first kappa shape index (κ1) is 37.1. The lowest BCUT2D eigenvalue weighted by molar-refractivity contribution is 0.465. The van der Waals surface area contributed by atoms with Gasteiger partial charge in [-0.2, -0.15) is 0 Å². The van der Waals surface area contributed by atoms with Crippen molar-refractivity contribution in [2.75, 3.05) is 4.90 Å². The number of fused-ring (bicyclic) bond motifs is 6. The molecule has 2 bridgehead atoms. The number of ether oxygens (including phenoxy) is 2. The topological polar surface area (TPSA) is 21.7 Å². The third kappa shape index (κ3) is 4.96. The summed E-state index contributed by atoms with van der Waals surface area (Å²) >= 11 is 0. The van der Waals surface area contributed by atoms with E-state index < -0.39 is 8.07 Å². The molecule has 0 unspecified atom stereocenters. The highest BCUT2D eigenvalue weighted by molar-refractivity contribution is 7.21. The van der Waals surface area contributed by atoms with Gasteiger partial charge in [-0.25, -0.2) is 0 Å². The van der Waals surface area contributed by atoms with Gasteiger partial charge in [-0.3, -0.25) is 0 Å². The molecule has 0 atom stereocenters. The van der Waals surface area contributed by atoms with Gasteiger partial charge in [-0.05, 0) is 113 Å². The molecule has 0 amide bonds. The average Bonchev–Trinajstić information content (AvgIpc) is 3.40. The summed E-state index contributed by atoms with van der Waals surface area (Å²) in [7, 11) is -3.04. The van der Waals surface area contributed by atoms with Crippen molar-refractivity contribution in [1.82, 2.24) is 0 Å². The van der Waals surface area contributed by atoms with Gasteiger partial charge in [-0.15, -0.1) is 0 Å². The van der Waals surface area contributed by atoms with Crippen LogP contribution in [0.3, 0.4) is 0 Å². The monoisotopic (exact) mass is 869 g/mol. The number of hydrogen-bond acceptors (Lipinski definition) is 3. The van der Waals surface area contributed by atoms with E-state index in [-0.39, 0.29) is 18.5 Å². The molecule has 16 rings (SSSR count). The maximum Gasteiger partial charge on any atom is 0.260 e. The Morgan fingerprint density at radius 3 is 1.67 bits per heavy atom. The highest BCUT2D eigenvalue weighted by atomic mass is 28.3. The lowest BCUT2D eigenvalue weighted by atomic mass is 9.35. The number of benzene rings is 10. The Morgan fingerprint density at radius 2 is 0.925 bits per heavy atom. The summed E-state index contributed by atoms with van der Waals surface area (Å²) in [5.74, 6) is 3.79. The van der Waals surface area contributed by atoms with Crippen LogP contribution >= 0.6 is 0 Å². The zero-order valence-electron chi connectivity index (χ0n) is 36.4. The van der Waals surface area contributed by atoms with E-state index in [1.165, 1.54) is 76.6 Å². The van der Waals surface area contributed by atoms with E-state index in [2.05, 4.69) is 229 Å². The van der Waals surface area contributed by atoms with Gasteiger partial charge in [0.2, 0.25) is 0 Å². The van der Waals surface area contributed by atoms with Crippen molar-refractivity contribution in [3.8, 4) is 34.1 Å². The maximum atomic E-state index is 7.21. The standard InChI is InChI=1S/C62H40BNO2Si/c1-3-18-40(19-4-1)67(41-20-5-2-6-21-41)56-35-14-12-30-50(56)64(52-31-16-29-49-62(52)66-55-34-17-33-54-61(55)63(49)48-28-11-13-32-53(48)65-54)51-37-36-39(38-57(51)67)42-26-15-27-47-58-43-22-7-9-24-45(43)60(59(42)47)46-25-10-8-23-44(46)58/h1-38,58,60H. The summed E-state index contributed by atoms with van der Waals surface area (Å²) in [6.07, 6.45) is 0. The second kappa shape index (κ2) is 13.9. The molecule has 3 nitrogen and oxygen atoms in total. The number of hydrogen-bond donors (Lipinski definition) is 0. The molecular weight excluding hydrogens is 830 g/mol. The molecule has 67 heavy (non-hydrogen) atoms. The minimum absolute atomic E-state index is 0.0429. The van der Waals surface area contributed by atoms with E-state index in [0.29, 0.717) is 0 Å². The predicted octanol–water partition coefficient (Wildman–Crippen LogP) is 10.2. The van der Waals surface area contributed by atoms with Crippen molar-refractivity contribution < 1.29 is 9.47 Å². The fourth-order valence-corrected chi connectivity index (χ4v) is 18.0. The SMILES string of the molecule is c1ccc([Si]2(c3ccccc3)c3ccccc3N(c3cccc4c3Oc3cccc5c3B4c3ccccc3O5)c3ccc(-c4cccc5c4C4c6ccccc6C5c5ccccc54)cc32)cc1. The van der Waals surface area contributed by atoms with Crippen molar-refractivity contribution in [2.45, 2.75) is 11.8 Å². The van der Waals surface area contributed by atoms with Crippen molar-refractivity contribution in [3.05, 3.63) is 264 Å². The third-order valence-electron chi connectivity index (χ3n) is 15.4. The summed E-state index contributed by atoms with van der Waals surface area (Å²) in [4.78, 5) is 2.51. The molecule has 3 heterocycles. The van der Waals surface area contributed by atoms with Gasteiger partial charge in [0.05, 0.1) is 5.69 Å². The highest BCUT2D eigenvalue weighted by Gasteiger charge is 2.51. The summed E-state index contributed by atoms with van der Waals surface area (Å²) in [6.45, 7) is -0.0429. The van der Waals surface area contributed by atoms with Crippen LogP contribution in [0.1, 0.15) is 45.2 Å². The van der Waals surface area contributed by atoms with Crippen LogP contribution in [0.2, 0.25) is 0 Å². The molecule has 0 saturated heterocycles. The zero-order valence-corrected chi connectivity index (χ0v) is 37.4. The predicted molar refractivity (Wildman–Crippen MR) is 276 cm³/mol. The summed E-state index contributed by atoms with van der Waals surface area (Å²) in [5.41, 5.74) is 17.9. The Bertz CT molecular complexity index is 3610. The molecule has 6 aliphatic rings. The molecule has 0 aromatic heterocycles. The van der Waals surface area contributed by atoms with Crippen molar-refractivity contribution in [1.29, 1.82) is 0 Å². The van der Waals surface area contributed by atoms with Crippen molar-refractivity contribution in [3.63, 3.8) is 0 Å². The van der Waals surface area contributed by atoms with Crippen LogP contribution in [0.5, 0.6) is 23.0 Å². The largest absolute Gasteiger partial charge is 0.458 e. The molecule has 312 valence electrons. The second-order valence-electron chi connectivity index (χ2n) is 18.5. The Hall–Kier alpha value is -8.12. The maximum absolute atomic E-state index is 7.21. The molecule has 0 saturated carbocycles. The molecule has 0 fully saturated rings. The van der Waals surface area contributed by atoms with Crippen LogP contribution in [0.15, 0.2) is 231 Å². The molecule has 0 N–H and O–H groups in total. The fourth-order valence-electron chi connectivity index (χ4n) is 12.9. The number of anilines is 3. The molecule has 10 aromatic carbocycles. The van der Waals surface area contributed by atoms with Gasteiger partial charge < -0.3 is 14.4 Å². The minimum atomic E-state index is -3.04. The molecule has 0 spiro atoms. The zero-order chi connectivity index (χ0) is 43.8. The minimum Gasteiger partial charge on any atom is -0.458 e. The number of para-hydroxylation sites is 3. The molecule has 3 aliphatic heterocycles. The van der Waals surface area contributed by atoms with Crippen LogP contribution in [0, 0.1) is 0 Å². The van der Waals surface area contributed by atoms with Gasteiger partial charge in [0, 0.05) is 28.7 Å². The van der Waals surface area contributed by atoms with Crippen LogP contribution in [-0.2, 0) is 0 Å². The van der Waals surface area contributed by atoms with Gasteiger partial charge in [-0.1, -0.05) is 194 Å². The normalized spacial score (nSPS) is 16.7.